The summed E-state index contributed by atoms with van der Waals surface area (Å²) in [7, 11) is 0. The fraction of sp³-hybridized carbons (Fsp3) is 0.267. The Kier molecular flexibility index (Phi) is 3.21. The molecule has 6 heteroatoms. The van der Waals surface area contributed by atoms with Crippen LogP contribution in [0.3, 0.4) is 0 Å². The molecule has 0 spiro atoms. The van der Waals surface area contributed by atoms with Crippen molar-refractivity contribution >= 4 is 23.0 Å². The third-order valence-corrected chi connectivity index (χ3v) is 3.80. The van der Waals surface area contributed by atoms with Crippen LogP contribution in [0.1, 0.15) is 18.9 Å². The smallest absolute Gasteiger partial charge is 0.276 e. The van der Waals surface area contributed by atoms with E-state index in [0.717, 1.165) is 18.5 Å². The van der Waals surface area contributed by atoms with Gasteiger partial charge in [0.2, 0.25) is 0 Å². The molecule has 6 nitrogen and oxygen atoms in total. The Morgan fingerprint density at radius 3 is 2.90 bits per heavy atom. The molecule has 2 N–H and O–H groups in total. The molecule has 1 aromatic heterocycles. The van der Waals surface area contributed by atoms with E-state index in [2.05, 4.69) is 18.0 Å². The zero-order valence-electron chi connectivity index (χ0n) is 11.7. The van der Waals surface area contributed by atoms with Gasteiger partial charge < -0.3 is 10.6 Å². The van der Waals surface area contributed by atoms with Crippen molar-refractivity contribution in [1.29, 1.82) is 0 Å². The van der Waals surface area contributed by atoms with Crippen LogP contribution >= 0.6 is 0 Å². The lowest BCUT2D eigenvalue weighted by molar-refractivity contribution is -0.384. The topological polar surface area (TPSA) is 85.3 Å². The van der Waals surface area contributed by atoms with Crippen molar-refractivity contribution in [1.82, 2.24) is 4.98 Å². The Morgan fingerprint density at radius 2 is 2.14 bits per heavy atom. The van der Waals surface area contributed by atoms with E-state index in [0.29, 0.717) is 5.82 Å². The van der Waals surface area contributed by atoms with Gasteiger partial charge in [-0.05, 0) is 31.4 Å². The lowest BCUT2D eigenvalue weighted by atomic mass is 9.96. The number of hydrogen-bond donors (Lipinski definition) is 1. The minimum atomic E-state index is -0.442. The molecule has 0 saturated carbocycles. The van der Waals surface area contributed by atoms with Crippen molar-refractivity contribution in [3.05, 3.63) is 52.1 Å². The summed E-state index contributed by atoms with van der Waals surface area (Å²) >= 11 is 0. The minimum Gasteiger partial charge on any atom is -0.383 e. The van der Waals surface area contributed by atoms with E-state index >= 15 is 0 Å². The Morgan fingerprint density at radius 1 is 1.38 bits per heavy atom. The van der Waals surface area contributed by atoms with Gasteiger partial charge in [0.15, 0.2) is 0 Å². The second-order valence-electron chi connectivity index (χ2n) is 5.25. The predicted molar refractivity (Wildman–Crippen MR) is 81.7 cm³/mol. The van der Waals surface area contributed by atoms with E-state index < -0.39 is 4.92 Å². The number of anilines is 3. The number of nitrogen functional groups attached to an aromatic ring is 1. The lowest BCUT2D eigenvalue weighted by Crippen LogP contribution is -2.33. The number of nitrogens with two attached hydrogens (primary N) is 1. The number of benzene rings is 1. The molecule has 108 valence electrons. The number of fused-ring (bicyclic) bond motifs is 1. The first-order valence-electron chi connectivity index (χ1n) is 6.85. The quantitative estimate of drug-likeness (QED) is 0.676. The van der Waals surface area contributed by atoms with Gasteiger partial charge in [0, 0.05) is 11.7 Å². The summed E-state index contributed by atoms with van der Waals surface area (Å²) in [5, 5.41) is 11.0. The molecular weight excluding hydrogens is 268 g/mol. The van der Waals surface area contributed by atoms with Crippen molar-refractivity contribution < 1.29 is 4.92 Å². The van der Waals surface area contributed by atoms with Gasteiger partial charge >= 0.3 is 0 Å². The molecular formula is C15H16N4O2. The second kappa shape index (κ2) is 5.05. The van der Waals surface area contributed by atoms with Gasteiger partial charge in [-0.25, -0.2) is 4.98 Å². The Bertz CT molecular complexity index is 702. The van der Waals surface area contributed by atoms with Crippen LogP contribution in [-0.2, 0) is 6.42 Å². The normalized spacial score (nSPS) is 17.4. The number of para-hydroxylation sites is 1. The summed E-state index contributed by atoms with van der Waals surface area (Å²) < 4.78 is 0. The molecule has 21 heavy (non-hydrogen) atoms. The van der Waals surface area contributed by atoms with Crippen LogP contribution in [0.15, 0.2) is 36.4 Å². The Hall–Kier alpha value is -2.63. The number of rotatable bonds is 2. The molecule has 1 aromatic carbocycles. The molecule has 0 bridgehead atoms. The SMILES string of the molecule is CC1CCc2ccccc2N1c1cc([N+](=O)[O-])cc(N)n1. The average Bonchev–Trinajstić information content (AvgIpc) is 2.46. The molecule has 2 aromatic rings. The molecule has 1 atom stereocenters. The standard InChI is InChI=1S/C15H16N4O2/c1-10-6-7-11-4-2-3-5-13(11)18(10)15-9-12(19(20)21)8-14(16)17-15/h2-5,8-10H,6-7H2,1H3,(H2,16,17). The van der Waals surface area contributed by atoms with E-state index in [-0.39, 0.29) is 17.5 Å². The number of hydrogen-bond acceptors (Lipinski definition) is 5. The maximum absolute atomic E-state index is 11.0. The maximum Gasteiger partial charge on any atom is 0.276 e. The van der Waals surface area contributed by atoms with Crippen LogP contribution in [0, 0.1) is 10.1 Å². The molecule has 2 heterocycles. The van der Waals surface area contributed by atoms with Crippen LogP contribution in [0.25, 0.3) is 0 Å². The highest BCUT2D eigenvalue weighted by molar-refractivity contribution is 5.69. The Labute approximate surface area is 122 Å². The number of nitrogens with zero attached hydrogens (tertiary/aromatic N) is 3. The average molecular weight is 284 g/mol. The molecule has 1 aliphatic rings. The van der Waals surface area contributed by atoms with Gasteiger partial charge in [-0.3, -0.25) is 10.1 Å². The zero-order chi connectivity index (χ0) is 15.0. The monoisotopic (exact) mass is 284 g/mol. The van der Waals surface area contributed by atoms with Gasteiger partial charge in [-0.15, -0.1) is 0 Å². The van der Waals surface area contributed by atoms with Crippen LogP contribution in [0.4, 0.5) is 23.0 Å². The third kappa shape index (κ3) is 2.40. The van der Waals surface area contributed by atoms with Gasteiger partial charge in [-0.2, -0.15) is 0 Å². The van der Waals surface area contributed by atoms with Crippen molar-refractivity contribution in [2.75, 3.05) is 10.6 Å². The number of pyridine rings is 1. The summed E-state index contributed by atoms with van der Waals surface area (Å²) in [6.07, 6.45) is 1.97. The van der Waals surface area contributed by atoms with E-state index in [4.69, 9.17) is 5.73 Å². The highest BCUT2D eigenvalue weighted by Gasteiger charge is 2.26. The summed E-state index contributed by atoms with van der Waals surface area (Å²) in [5.41, 5.74) is 7.96. The summed E-state index contributed by atoms with van der Waals surface area (Å²) in [6.45, 7) is 2.09. The highest BCUT2D eigenvalue weighted by atomic mass is 16.6. The molecule has 3 rings (SSSR count). The molecule has 1 aliphatic heterocycles. The molecule has 0 saturated heterocycles. The second-order valence-corrected chi connectivity index (χ2v) is 5.25. The highest BCUT2D eigenvalue weighted by Crippen LogP contribution is 2.37. The molecule has 0 amide bonds. The zero-order valence-corrected chi connectivity index (χ0v) is 11.7. The first-order valence-corrected chi connectivity index (χ1v) is 6.85. The Balaban J connectivity index is 2.13. The van der Waals surface area contributed by atoms with Crippen LogP contribution in [0.5, 0.6) is 0 Å². The first-order chi connectivity index (χ1) is 10.1. The summed E-state index contributed by atoms with van der Waals surface area (Å²) in [5.74, 6) is 0.691. The van der Waals surface area contributed by atoms with E-state index in [1.807, 2.05) is 23.1 Å². The van der Waals surface area contributed by atoms with Crippen molar-refractivity contribution in [3.63, 3.8) is 0 Å². The van der Waals surface area contributed by atoms with Crippen LogP contribution in [0.2, 0.25) is 0 Å². The van der Waals surface area contributed by atoms with Crippen molar-refractivity contribution in [2.45, 2.75) is 25.8 Å². The fourth-order valence-electron chi connectivity index (χ4n) is 2.79. The van der Waals surface area contributed by atoms with Crippen LogP contribution in [-0.4, -0.2) is 15.9 Å². The number of aryl methyl sites for hydroxylation is 1. The van der Waals surface area contributed by atoms with Gasteiger partial charge in [0.25, 0.3) is 5.69 Å². The molecule has 1 unspecified atom stereocenters. The van der Waals surface area contributed by atoms with Gasteiger partial charge in [-0.1, -0.05) is 18.2 Å². The maximum atomic E-state index is 11.0. The largest absolute Gasteiger partial charge is 0.383 e. The van der Waals surface area contributed by atoms with Gasteiger partial charge in [0.05, 0.1) is 17.1 Å². The van der Waals surface area contributed by atoms with Crippen molar-refractivity contribution in [2.24, 2.45) is 0 Å². The number of nitro groups is 1. The predicted octanol–water partition coefficient (Wildman–Crippen LogP) is 3.04. The van der Waals surface area contributed by atoms with E-state index in [9.17, 15) is 10.1 Å². The van der Waals surface area contributed by atoms with Crippen molar-refractivity contribution in [3.8, 4) is 0 Å². The first kappa shape index (κ1) is 13.4. The minimum absolute atomic E-state index is 0.0345. The summed E-state index contributed by atoms with van der Waals surface area (Å²) in [6, 6.07) is 11.0. The molecule has 0 aliphatic carbocycles. The number of aromatic nitrogens is 1. The van der Waals surface area contributed by atoms with E-state index in [1.165, 1.54) is 17.7 Å². The molecule has 0 fully saturated rings. The van der Waals surface area contributed by atoms with Gasteiger partial charge in [0.1, 0.15) is 11.6 Å². The third-order valence-electron chi connectivity index (χ3n) is 3.80. The molecule has 0 radical (unpaired) electrons. The summed E-state index contributed by atoms with van der Waals surface area (Å²) in [4.78, 5) is 16.9. The lowest BCUT2D eigenvalue weighted by Gasteiger charge is -2.36. The fourth-order valence-corrected chi connectivity index (χ4v) is 2.79. The van der Waals surface area contributed by atoms with E-state index in [1.54, 1.807) is 0 Å². The van der Waals surface area contributed by atoms with Crippen LogP contribution < -0.4 is 10.6 Å².